The van der Waals surface area contributed by atoms with Crippen LogP contribution in [0.25, 0.3) is 0 Å². The molecular formula is C14H19ClN4O3. The summed E-state index contributed by atoms with van der Waals surface area (Å²) in [5, 5.41) is 6.53. The smallest absolute Gasteiger partial charge is 0.255 e. The van der Waals surface area contributed by atoms with Gasteiger partial charge in [0.05, 0.1) is 5.56 Å². The highest BCUT2D eigenvalue weighted by molar-refractivity contribution is 5.97. The molecule has 1 amide bonds. The molecule has 2 rings (SSSR count). The van der Waals surface area contributed by atoms with Crippen LogP contribution in [-0.4, -0.2) is 28.6 Å². The average Bonchev–Trinajstić information content (AvgIpc) is 2.90. The summed E-state index contributed by atoms with van der Waals surface area (Å²) < 4.78 is 10.5. The number of para-hydroxylation sites is 1. The number of carbonyl (C=O) groups is 1. The first kappa shape index (κ1) is 17.9. The van der Waals surface area contributed by atoms with Crippen LogP contribution < -0.4 is 15.8 Å². The van der Waals surface area contributed by atoms with E-state index in [0.29, 0.717) is 29.6 Å². The van der Waals surface area contributed by atoms with Crippen molar-refractivity contribution in [1.82, 2.24) is 15.5 Å². The lowest BCUT2D eigenvalue weighted by Gasteiger charge is -2.14. The number of nitrogens with one attached hydrogen (secondary N) is 1. The summed E-state index contributed by atoms with van der Waals surface area (Å²) in [5.41, 5.74) is 5.94. The summed E-state index contributed by atoms with van der Waals surface area (Å²) in [5.74, 6) is 1.13. The molecule has 0 aliphatic carbocycles. The predicted octanol–water partition coefficient (Wildman–Crippen LogP) is 1.46. The second-order valence-electron chi connectivity index (χ2n) is 4.62. The number of hydrogen-bond donors (Lipinski definition) is 2. The molecule has 1 atom stereocenters. The van der Waals surface area contributed by atoms with Gasteiger partial charge in [-0.2, -0.15) is 4.98 Å². The molecule has 22 heavy (non-hydrogen) atoms. The standard InChI is InChI=1S/C14H18N4O3.ClH/c1-9(7-15)16-14(19)11-5-3-4-6-12(11)20-8-13-17-10(2)21-18-13;/h3-6,9H,7-8,15H2,1-2H3,(H,16,19);1H/t9-;/m0./s1. The van der Waals surface area contributed by atoms with Gasteiger partial charge in [0.1, 0.15) is 5.75 Å². The number of hydrogen-bond acceptors (Lipinski definition) is 6. The molecule has 7 nitrogen and oxygen atoms in total. The van der Waals surface area contributed by atoms with E-state index in [-0.39, 0.29) is 31.0 Å². The normalized spacial score (nSPS) is 11.4. The number of benzene rings is 1. The first-order chi connectivity index (χ1) is 10.1. The highest BCUT2D eigenvalue weighted by Crippen LogP contribution is 2.19. The predicted molar refractivity (Wildman–Crippen MR) is 83.0 cm³/mol. The molecule has 0 spiro atoms. The maximum Gasteiger partial charge on any atom is 0.255 e. The third-order valence-corrected chi connectivity index (χ3v) is 2.79. The Kier molecular flexibility index (Phi) is 6.81. The highest BCUT2D eigenvalue weighted by atomic mass is 35.5. The van der Waals surface area contributed by atoms with Gasteiger partial charge >= 0.3 is 0 Å². The molecule has 0 radical (unpaired) electrons. The molecule has 3 N–H and O–H groups in total. The monoisotopic (exact) mass is 326 g/mol. The quantitative estimate of drug-likeness (QED) is 0.833. The zero-order chi connectivity index (χ0) is 15.2. The van der Waals surface area contributed by atoms with Gasteiger partial charge in [-0.05, 0) is 19.1 Å². The Labute approximate surface area is 134 Å². The highest BCUT2D eigenvalue weighted by Gasteiger charge is 2.14. The van der Waals surface area contributed by atoms with Crippen molar-refractivity contribution in [3.8, 4) is 5.75 Å². The Morgan fingerprint density at radius 2 is 2.18 bits per heavy atom. The number of aromatic nitrogens is 2. The molecule has 120 valence electrons. The zero-order valence-corrected chi connectivity index (χ0v) is 13.2. The second kappa shape index (κ2) is 8.35. The van der Waals surface area contributed by atoms with Gasteiger partial charge < -0.3 is 20.3 Å². The van der Waals surface area contributed by atoms with Crippen molar-refractivity contribution < 1.29 is 14.1 Å². The van der Waals surface area contributed by atoms with Crippen molar-refractivity contribution >= 4 is 18.3 Å². The molecule has 0 saturated heterocycles. The maximum absolute atomic E-state index is 12.2. The Morgan fingerprint density at radius 1 is 1.45 bits per heavy atom. The molecular weight excluding hydrogens is 308 g/mol. The molecule has 1 heterocycles. The van der Waals surface area contributed by atoms with Gasteiger partial charge in [0, 0.05) is 19.5 Å². The fraction of sp³-hybridized carbons (Fsp3) is 0.357. The van der Waals surface area contributed by atoms with E-state index in [1.165, 1.54) is 0 Å². The first-order valence-electron chi connectivity index (χ1n) is 6.62. The van der Waals surface area contributed by atoms with Crippen molar-refractivity contribution in [3.05, 3.63) is 41.5 Å². The molecule has 1 aromatic carbocycles. The molecule has 0 bridgehead atoms. The molecule has 2 aromatic rings. The van der Waals surface area contributed by atoms with Crippen LogP contribution in [0.4, 0.5) is 0 Å². The molecule has 0 fully saturated rings. The SMILES string of the molecule is Cc1nc(COc2ccccc2C(=O)N[C@@H](C)CN)no1.Cl. The van der Waals surface area contributed by atoms with Crippen LogP contribution in [0.3, 0.4) is 0 Å². The molecule has 8 heteroatoms. The lowest BCUT2D eigenvalue weighted by Crippen LogP contribution is -2.37. The number of rotatable bonds is 6. The summed E-state index contributed by atoms with van der Waals surface area (Å²) in [6, 6.07) is 6.86. The number of amides is 1. The summed E-state index contributed by atoms with van der Waals surface area (Å²) in [6.07, 6.45) is 0. The van der Waals surface area contributed by atoms with Crippen molar-refractivity contribution in [2.45, 2.75) is 26.5 Å². The molecule has 0 aliphatic rings. The molecule has 0 aliphatic heterocycles. The maximum atomic E-state index is 12.2. The number of ether oxygens (including phenoxy) is 1. The van der Waals surface area contributed by atoms with Gasteiger partial charge in [-0.1, -0.05) is 17.3 Å². The summed E-state index contributed by atoms with van der Waals surface area (Å²) in [4.78, 5) is 16.2. The summed E-state index contributed by atoms with van der Waals surface area (Å²) in [6.45, 7) is 4.04. The number of halogens is 1. The summed E-state index contributed by atoms with van der Waals surface area (Å²) >= 11 is 0. The largest absolute Gasteiger partial charge is 0.485 e. The van der Waals surface area contributed by atoms with E-state index < -0.39 is 0 Å². The summed E-state index contributed by atoms with van der Waals surface area (Å²) in [7, 11) is 0. The van der Waals surface area contributed by atoms with Crippen LogP contribution in [-0.2, 0) is 6.61 Å². The number of nitrogens with two attached hydrogens (primary N) is 1. The van der Waals surface area contributed by atoms with Crippen LogP contribution in [0, 0.1) is 6.92 Å². The van der Waals surface area contributed by atoms with E-state index in [4.69, 9.17) is 15.0 Å². The van der Waals surface area contributed by atoms with Crippen LogP contribution in [0.2, 0.25) is 0 Å². The third kappa shape index (κ3) is 4.71. The van der Waals surface area contributed by atoms with Crippen LogP contribution in [0.5, 0.6) is 5.75 Å². The van der Waals surface area contributed by atoms with Crippen LogP contribution >= 0.6 is 12.4 Å². The Morgan fingerprint density at radius 3 is 2.82 bits per heavy atom. The zero-order valence-electron chi connectivity index (χ0n) is 12.4. The van der Waals surface area contributed by atoms with Gasteiger partial charge in [-0.15, -0.1) is 12.4 Å². The van der Waals surface area contributed by atoms with Gasteiger partial charge in [-0.25, -0.2) is 0 Å². The first-order valence-corrected chi connectivity index (χ1v) is 6.62. The lowest BCUT2D eigenvalue weighted by atomic mass is 10.1. The third-order valence-electron chi connectivity index (χ3n) is 2.79. The fourth-order valence-corrected chi connectivity index (χ4v) is 1.68. The van der Waals surface area contributed by atoms with Gasteiger partial charge in [0.25, 0.3) is 5.91 Å². The molecule has 0 saturated carbocycles. The van der Waals surface area contributed by atoms with Crippen LogP contribution in [0.15, 0.2) is 28.8 Å². The average molecular weight is 327 g/mol. The number of aryl methyl sites for hydroxylation is 1. The van der Waals surface area contributed by atoms with E-state index in [1.54, 1.807) is 31.2 Å². The van der Waals surface area contributed by atoms with Crippen molar-refractivity contribution in [1.29, 1.82) is 0 Å². The number of carbonyl (C=O) groups excluding carboxylic acids is 1. The Balaban J connectivity index is 0.00000242. The molecule has 1 aromatic heterocycles. The van der Waals surface area contributed by atoms with Gasteiger partial charge in [0.15, 0.2) is 6.61 Å². The minimum atomic E-state index is -0.229. The Bertz CT molecular complexity index is 618. The van der Waals surface area contributed by atoms with E-state index in [1.807, 2.05) is 6.92 Å². The molecule has 0 unspecified atom stereocenters. The van der Waals surface area contributed by atoms with Crippen LogP contribution in [0.1, 0.15) is 29.0 Å². The second-order valence-corrected chi connectivity index (χ2v) is 4.62. The fourth-order valence-electron chi connectivity index (χ4n) is 1.68. The van der Waals surface area contributed by atoms with Crippen molar-refractivity contribution in [2.75, 3.05) is 6.54 Å². The van der Waals surface area contributed by atoms with E-state index in [0.717, 1.165) is 0 Å². The van der Waals surface area contributed by atoms with Crippen molar-refractivity contribution in [2.24, 2.45) is 5.73 Å². The Hall–Kier alpha value is -2.12. The number of nitrogens with zero attached hydrogens (tertiary/aromatic N) is 2. The lowest BCUT2D eigenvalue weighted by molar-refractivity contribution is 0.0936. The van der Waals surface area contributed by atoms with E-state index in [2.05, 4.69) is 15.5 Å². The minimum absolute atomic E-state index is 0. The van der Waals surface area contributed by atoms with Gasteiger partial charge in [-0.3, -0.25) is 4.79 Å². The van der Waals surface area contributed by atoms with E-state index >= 15 is 0 Å². The van der Waals surface area contributed by atoms with E-state index in [9.17, 15) is 4.79 Å². The topological polar surface area (TPSA) is 103 Å². The van der Waals surface area contributed by atoms with Gasteiger partial charge in [0.2, 0.25) is 11.7 Å². The minimum Gasteiger partial charge on any atom is -0.485 e. The van der Waals surface area contributed by atoms with Crippen molar-refractivity contribution in [3.63, 3.8) is 0 Å².